The van der Waals surface area contributed by atoms with Crippen molar-refractivity contribution in [3.05, 3.63) is 48.5 Å². The molecule has 1 unspecified atom stereocenters. The number of anilines is 1. The Morgan fingerprint density at radius 3 is 2.97 bits per heavy atom. The molecule has 1 aromatic carbocycles. The van der Waals surface area contributed by atoms with Crippen LogP contribution in [0.15, 0.2) is 52.1 Å². The van der Waals surface area contributed by atoms with Gasteiger partial charge in [0, 0.05) is 25.7 Å². The number of aliphatic imine (C=N–C) groups is 1. The first-order chi connectivity index (χ1) is 15.3. The number of rotatable bonds is 7. The van der Waals surface area contributed by atoms with E-state index in [1.54, 1.807) is 13.4 Å². The third-order valence-electron chi connectivity index (χ3n) is 5.19. The smallest absolute Gasteiger partial charge is 0.216 e. The summed E-state index contributed by atoms with van der Waals surface area (Å²) >= 11 is 0. The lowest BCUT2D eigenvalue weighted by Gasteiger charge is -2.36. The Morgan fingerprint density at radius 1 is 1.31 bits per heavy atom. The molecule has 2 aromatic heterocycles. The van der Waals surface area contributed by atoms with Gasteiger partial charge in [-0.15, -0.1) is 29.1 Å². The van der Waals surface area contributed by atoms with E-state index in [0.29, 0.717) is 24.0 Å². The largest absolute Gasteiger partial charge is 0.495 e. The maximum atomic E-state index is 5.55. The van der Waals surface area contributed by atoms with E-state index in [-0.39, 0.29) is 30.0 Å². The molecule has 1 aliphatic rings. The van der Waals surface area contributed by atoms with Crippen LogP contribution in [0.3, 0.4) is 0 Å². The average Bonchev–Trinajstić information content (AvgIpc) is 3.50. The minimum absolute atomic E-state index is 0. The minimum Gasteiger partial charge on any atom is -0.495 e. The van der Waals surface area contributed by atoms with E-state index < -0.39 is 0 Å². The standard InChI is InChI=1S/C22H29N7O2.HI/c1-3-23-22(24-14-20-26-21(28-27-20)19-11-7-13-31-19)25-16-8-6-12-29(15-16)17-9-4-5-10-18(17)30-2;/h4-5,7,9-11,13,16H,3,6,8,12,14-15H2,1-2H3,(H2,23,24,25)(H,26,27,28);1H. The highest BCUT2D eigenvalue weighted by atomic mass is 127. The van der Waals surface area contributed by atoms with Crippen molar-refractivity contribution in [3.8, 4) is 17.3 Å². The highest BCUT2D eigenvalue weighted by molar-refractivity contribution is 14.0. The predicted octanol–water partition coefficient (Wildman–Crippen LogP) is 3.42. The quantitative estimate of drug-likeness (QED) is 0.235. The second kappa shape index (κ2) is 11.7. The molecule has 172 valence electrons. The lowest BCUT2D eigenvalue weighted by atomic mass is 10.0. The molecule has 3 aromatic rings. The number of halogens is 1. The van der Waals surface area contributed by atoms with Crippen LogP contribution in [0.2, 0.25) is 0 Å². The fraction of sp³-hybridized carbons (Fsp3) is 0.409. The molecule has 32 heavy (non-hydrogen) atoms. The summed E-state index contributed by atoms with van der Waals surface area (Å²) in [6, 6.07) is 12.1. The number of piperidine rings is 1. The average molecular weight is 551 g/mol. The fourth-order valence-electron chi connectivity index (χ4n) is 3.75. The Kier molecular flexibility index (Phi) is 8.77. The maximum Gasteiger partial charge on any atom is 0.216 e. The molecule has 0 saturated carbocycles. The molecule has 1 saturated heterocycles. The van der Waals surface area contributed by atoms with Gasteiger partial charge in [-0.2, -0.15) is 0 Å². The summed E-state index contributed by atoms with van der Waals surface area (Å²) in [6.07, 6.45) is 3.79. The van der Waals surface area contributed by atoms with Gasteiger partial charge in [0.15, 0.2) is 11.7 Å². The number of guanidine groups is 1. The number of ether oxygens (including phenoxy) is 1. The summed E-state index contributed by atoms with van der Waals surface area (Å²) in [5.41, 5.74) is 1.13. The van der Waals surface area contributed by atoms with Gasteiger partial charge in [-0.1, -0.05) is 12.1 Å². The number of para-hydroxylation sites is 2. The Labute approximate surface area is 205 Å². The van der Waals surface area contributed by atoms with E-state index in [4.69, 9.17) is 14.1 Å². The molecule has 3 N–H and O–H groups in total. The number of furan rings is 1. The fourth-order valence-corrected chi connectivity index (χ4v) is 3.75. The first kappa shape index (κ1) is 23.9. The molecule has 0 bridgehead atoms. The molecule has 3 heterocycles. The molecule has 10 heteroatoms. The van der Waals surface area contributed by atoms with Gasteiger partial charge in [0.25, 0.3) is 0 Å². The van der Waals surface area contributed by atoms with Crippen molar-refractivity contribution in [2.24, 2.45) is 4.99 Å². The number of aromatic nitrogens is 3. The van der Waals surface area contributed by atoms with Crippen molar-refractivity contribution in [2.45, 2.75) is 32.4 Å². The molecule has 1 fully saturated rings. The Bertz CT molecular complexity index is 990. The van der Waals surface area contributed by atoms with E-state index in [1.165, 1.54) is 0 Å². The molecular weight excluding hydrogens is 521 g/mol. The van der Waals surface area contributed by atoms with Crippen LogP contribution < -0.4 is 20.3 Å². The van der Waals surface area contributed by atoms with Gasteiger partial charge >= 0.3 is 0 Å². The van der Waals surface area contributed by atoms with Crippen molar-refractivity contribution in [2.75, 3.05) is 31.6 Å². The highest BCUT2D eigenvalue weighted by Crippen LogP contribution is 2.29. The second-order valence-electron chi connectivity index (χ2n) is 7.38. The number of aromatic amines is 1. The normalized spacial score (nSPS) is 16.4. The molecule has 9 nitrogen and oxygen atoms in total. The van der Waals surface area contributed by atoms with Crippen LogP contribution in [0, 0.1) is 0 Å². The third kappa shape index (κ3) is 5.93. The van der Waals surface area contributed by atoms with E-state index in [2.05, 4.69) is 49.8 Å². The number of H-pyrrole nitrogens is 1. The maximum absolute atomic E-state index is 5.55. The van der Waals surface area contributed by atoms with Crippen molar-refractivity contribution in [1.29, 1.82) is 0 Å². The zero-order chi connectivity index (χ0) is 21.5. The van der Waals surface area contributed by atoms with Crippen LogP contribution in [0.1, 0.15) is 25.6 Å². The Balaban J connectivity index is 0.00000289. The summed E-state index contributed by atoms with van der Waals surface area (Å²) in [5.74, 6) is 3.53. The van der Waals surface area contributed by atoms with Gasteiger partial charge in [0.2, 0.25) is 5.82 Å². The lowest BCUT2D eigenvalue weighted by molar-refractivity contribution is 0.408. The summed E-state index contributed by atoms with van der Waals surface area (Å²) in [7, 11) is 1.72. The van der Waals surface area contributed by atoms with Crippen molar-refractivity contribution < 1.29 is 9.15 Å². The second-order valence-corrected chi connectivity index (χ2v) is 7.38. The molecule has 0 spiro atoms. The zero-order valence-corrected chi connectivity index (χ0v) is 20.7. The number of methoxy groups -OCH3 is 1. The van der Waals surface area contributed by atoms with Gasteiger partial charge in [0.1, 0.15) is 18.1 Å². The van der Waals surface area contributed by atoms with Crippen LogP contribution >= 0.6 is 24.0 Å². The molecule has 0 amide bonds. The molecule has 1 atom stereocenters. The van der Waals surface area contributed by atoms with E-state index >= 15 is 0 Å². The van der Waals surface area contributed by atoms with Gasteiger partial charge in [0.05, 0.1) is 19.1 Å². The molecule has 1 aliphatic heterocycles. The van der Waals surface area contributed by atoms with Gasteiger partial charge in [-0.05, 0) is 44.0 Å². The van der Waals surface area contributed by atoms with Crippen molar-refractivity contribution in [1.82, 2.24) is 25.8 Å². The summed E-state index contributed by atoms with van der Waals surface area (Å²) in [6.45, 7) is 5.13. The van der Waals surface area contributed by atoms with Crippen LogP contribution in [-0.2, 0) is 6.54 Å². The first-order valence-corrected chi connectivity index (χ1v) is 10.6. The summed E-state index contributed by atoms with van der Waals surface area (Å²) in [4.78, 5) is 11.5. The van der Waals surface area contributed by atoms with Gasteiger partial charge in [-0.25, -0.2) is 9.98 Å². The number of benzene rings is 1. The lowest BCUT2D eigenvalue weighted by Crippen LogP contribution is -2.51. The summed E-state index contributed by atoms with van der Waals surface area (Å²) < 4.78 is 10.9. The van der Waals surface area contributed by atoms with Crippen LogP contribution in [0.4, 0.5) is 5.69 Å². The number of hydrogen-bond acceptors (Lipinski definition) is 6. The molecular formula is C22H30IN7O2. The van der Waals surface area contributed by atoms with Crippen molar-refractivity contribution >= 4 is 35.6 Å². The Hall–Kier alpha value is -2.76. The van der Waals surface area contributed by atoms with Crippen LogP contribution in [-0.4, -0.2) is 53.9 Å². The number of hydrogen-bond donors (Lipinski definition) is 3. The number of nitrogens with zero attached hydrogens (tertiary/aromatic N) is 4. The molecule has 4 rings (SSSR count). The topological polar surface area (TPSA) is 104 Å². The predicted molar refractivity (Wildman–Crippen MR) is 136 cm³/mol. The van der Waals surface area contributed by atoms with Crippen LogP contribution in [0.25, 0.3) is 11.6 Å². The van der Waals surface area contributed by atoms with E-state index in [9.17, 15) is 0 Å². The molecule has 0 aliphatic carbocycles. The molecule has 0 radical (unpaired) electrons. The van der Waals surface area contributed by atoms with Crippen molar-refractivity contribution in [3.63, 3.8) is 0 Å². The van der Waals surface area contributed by atoms with E-state index in [0.717, 1.165) is 49.9 Å². The van der Waals surface area contributed by atoms with Crippen LogP contribution in [0.5, 0.6) is 5.75 Å². The Morgan fingerprint density at radius 2 is 2.19 bits per heavy atom. The van der Waals surface area contributed by atoms with Gasteiger partial charge in [-0.3, -0.25) is 5.10 Å². The third-order valence-corrected chi connectivity index (χ3v) is 5.19. The van der Waals surface area contributed by atoms with Gasteiger partial charge < -0.3 is 24.7 Å². The summed E-state index contributed by atoms with van der Waals surface area (Å²) in [5, 5.41) is 14.0. The SMILES string of the molecule is CCNC(=NCc1nc(-c2ccco2)n[nH]1)NC1CCCN(c2ccccc2OC)C1.I. The zero-order valence-electron chi connectivity index (χ0n) is 18.4. The first-order valence-electron chi connectivity index (χ1n) is 10.6. The minimum atomic E-state index is 0. The monoisotopic (exact) mass is 551 g/mol. The number of nitrogens with one attached hydrogen (secondary N) is 3. The van der Waals surface area contributed by atoms with E-state index in [1.807, 2.05) is 24.3 Å². The highest BCUT2D eigenvalue weighted by Gasteiger charge is 2.23.